The lowest BCUT2D eigenvalue weighted by Gasteiger charge is -2.50. The molecule has 0 aromatic heterocycles. The molecule has 0 aliphatic heterocycles. The minimum absolute atomic E-state index is 0.0922. The Hall–Kier alpha value is -1.24. The van der Waals surface area contributed by atoms with Gasteiger partial charge in [-0.1, -0.05) is 52.5 Å². The molecule has 2 rings (SSSR count). The highest BCUT2D eigenvalue weighted by atomic mass is 16.5. The van der Waals surface area contributed by atoms with E-state index in [2.05, 4.69) is 53.3 Å². The van der Waals surface area contributed by atoms with E-state index < -0.39 is 0 Å². The number of hydrogen-bond donors (Lipinski definition) is 0. The summed E-state index contributed by atoms with van der Waals surface area (Å²) < 4.78 is 6.41. The summed E-state index contributed by atoms with van der Waals surface area (Å²) in [5.41, 5.74) is 1.67. The smallest absolute Gasteiger partial charge is 0.120 e. The molecule has 20 heavy (non-hydrogen) atoms. The van der Waals surface area contributed by atoms with Gasteiger partial charge in [0, 0.05) is 0 Å². The molecule has 0 unspecified atom stereocenters. The molecule has 1 aromatic rings. The lowest BCUT2D eigenvalue weighted by Crippen LogP contribution is -2.47. The largest absolute Gasteiger partial charge is 0.488 e. The molecule has 1 aliphatic carbocycles. The predicted molar refractivity (Wildman–Crippen MR) is 87.0 cm³/mol. The molecule has 0 spiro atoms. The molecule has 1 aliphatic rings. The molecular formula is C19H28O. The fourth-order valence-corrected chi connectivity index (χ4v) is 4.57. The van der Waals surface area contributed by atoms with E-state index in [4.69, 9.17) is 4.74 Å². The van der Waals surface area contributed by atoms with E-state index in [-0.39, 0.29) is 5.60 Å². The second-order valence-electron chi connectivity index (χ2n) is 8.19. The van der Waals surface area contributed by atoms with Gasteiger partial charge in [-0.25, -0.2) is 0 Å². The third-order valence-electron chi connectivity index (χ3n) is 4.12. The lowest BCUT2D eigenvalue weighted by atomic mass is 9.60. The monoisotopic (exact) mass is 272 g/mol. The molecule has 0 amide bonds. The Bertz CT molecular complexity index is 480. The van der Waals surface area contributed by atoms with Crippen LogP contribution in [0.3, 0.4) is 0 Å². The molecule has 1 nitrogen and oxygen atoms in total. The van der Waals surface area contributed by atoms with Crippen LogP contribution in [0.15, 0.2) is 30.8 Å². The van der Waals surface area contributed by atoms with E-state index in [0.29, 0.717) is 10.8 Å². The molecule has 0 saturated heterocycles. The molecule has 0 atom stereocenters. The maximum atomic E-state index is 6.41. The zero-order chi connectivity index (χ0) is 15.0. The summed E-state index contributed by atoms with van der Waals surface area (Å²) in [7, 11) is 0. The fraction of sp³-hybridized carbons (Fsp3) is 0.579. The number of ether oxygens (including phenoxy) is 1. The summed E-state index contributed by atoms with van der Waals surface area (Å²) in [6.45, 7) is 15.5. The predicted octanol–water partition coefficient (Wildman–Crippen LogP) is 5.70. The van der Waals surface area contributed by atoms with Crippen LogP contribution < -0.4 is 4.74 Å². The van der Waals surface area contributed by atoms with E-state index >= 15 is 0 Å². The highest BCUT2D eigenvalue weighted by Gasteiger charge is 2.46. The first-order valence-corrected chi connectivity index (χ1v) is 7.55. The third-order valence-corrected chi connectivity index (χ3v) is 4.12. The number of rotatable bonds is 3. The third kappa shape index (κ3) is 3.65. The van der Waals surface area contributed by atoms with Crippen LogP contribution in [0.25, 0.3) is 6.08 Å². The lowest BCUT2D eigenvalue weighted by molar-refractivity contribution is -0.0554. The number of benzene rings is 1. The van der Waals surface area contributed by atoms with Crippen molar-refractivity contribution in [3.63, 3.8) is 0 Å². The molecule has 1 saturated carbocycles. The van der Waals surface area contributed by atoms with Gasteiger partial charge in [0.15, 0.2) is 0 Å². The maximum absolute atomic E-state index is 6.41. The van der Waals surface area contributed by atoms with Crippen LogP contribution >= 0.6 is 0 Å². The summed E-state index contributed by atoms with van der Waals surface area (Å²) in [4.78, 5) is 0. The standard InChI is InChI=1S/C19H28O/c1-7-15-9-8-10-16(11-15)20-19(6)13-17(2,3)12-18(4,5)14-19/h7-11H,1,12-14H2,2-6H3. The minimum Gasteiger partial charge on any atom is -0.488 e. The summed E-state index contributed by atoms with van der Waals surface area (Å²) >= 11 is 0. The van der Waals surface area contributed by atoms with Crippen molar-refractivity contribution < 1.29 is 4.74 Å². The molecule has 110 valence electrons. The van der Waals surface area contributed by atoms with Crippen LogP contribution in [0, 0.1) is 10.8 Å². The van der Waals surface area contributed by atoms with Gasteiger partial charge in [-0.2, -0.15) is 0 Å². The van der Waals surface area contributed by atoms with E-state index in [1.54, 1.807) is 0 Å². The second kappa shape index (κ2) is 4.95. The zero-order valence-corrected chi connectivity index (χ0v) is 13.6. The van der Waals surface area contributed by atoms with Gasteiger partial charge in [0.05, 0.1) is 0 Å². The van der Waals surface area contributed by atoms with Crippen LogP contribution in [0.4, 0.5) is 0 Å². The summed E-state index contributed by atoms with van der Waals surface area (Å²) in [5.74, 6) is 0.957. The Labute approximate surface area is 124 Å². The molecule has 1 aromatic carbocycles. The fourth-order valence-electron chi connectivity index (χ4n) is 4.57. The van der Waals surface area contributed by atoms with Crippen molar-refractivity contribution in [2.24, 2.45) is 10.8 Å². The zero-order valence-electron chi connectivity index (χ0n) is 13.6. The molecule has 1 heteroatoms. The molecular weight excluding hydrogens is 244 g/mol. The van der Waals surface area contributed by atoms with Gasteiger partial charge in [-0.05, 0) is 54.7 Å². The van der Waals surface area contributed by atoms with Gasteiger partial charge < -0.3 is 4.74 Å². The minimum atomic E-state index is -0.0922. The normalized spacial score (nSPS) is 23.1. The van der Waals surface area contributed by atoms with Crippen molar-refractivity contribution in [2.45, 2.75) is 59.5 Å². The summed E-state index contributed by atoms with van der Waals surface area (Å²) in [6, 6.07) is 8.21. The van der Waals surface area contributed by atoms with Crippen molar-refractivity contribution in [2.75, 3.05) is 0 Å². The van der Waals surface area contributed by atoms with E-state index in [1.165, 1.54) is 6.42 Å². The van der Waals surface area contributed by atoms with Gasteiger partial charge in [0.25, 0.3) is 0 Å². The molecule has 1 fully saturated rings. The Kier molecular flexibility index (Phi) is 3.75. The number of hydrogen-bond acceptors (Lipinski definition) is 1. The first-order valence-electron chi connectivity index (χ1n) is 7.55. The SMILES string of the molecule is C=Cc1cccc(OC2(C)CC(C)(C)CC(C)(C)C2)c1. The van der Waals surface area contributed by atoms with E-state index in [9.17, 15) is 0 Å². The maximum Gasteiger partial charge on any atom is 0.120 e. The molecule has 0 heterocycles. The van der Waals surface area contributed by atoms with Gasteiger partial charge in [-0.3, -0.25) is 0 Å². The van der Waals surface area contributed by atoms with Crippen molar-refractivity contribution in [3.05, 3.63) is 36.4 Å². The Morgan fingerprint density at radius 1 is 1.00 bits per heavy atom. The van der Waals surface area contributed by atoms with Crippen LogP contribution in [0.1, 0.15) is 59.4 Å². The summed E-state index contributed by atoms with van der Waals surface area (Å²) in [6.07, 6.45) is 5.32. The van der Waals surface area contributed by atoms with Gasteiger partial charge in [0.2, 0.25) is 0 Å². The molecule has 0 N–H and O–H groups in total. The van der Waals surface area contributed by atoms with Gasteiger partial charge >= 0.3 is 0 Å². The van der Waals surface area contributed by atoms with Crippen molar-refractivity contribution >= 4 is 6.08 Å². The Morgan fingerprint density at radius 3 is 2.15 bits per heavy atom. The quantitative estimate of drug-likeness (QED) is 0.685. The van der Waals surface area contributed by atoms with Crippen molar-refractivity contribution in [1.29, 1.82) is 0 Å². The molecule has 0 radical (unpaired) electrons. The van der Waals surface area contributed by atoms with Crippen molar-refractivity contribution in [1.82, 2.24) is 0 Å². The van der Waals surface area contributed by atoms with Crippen molar-refractivity contribution in [3.8, 4) is 5.75 Å². The van der Waals surface area contributed by atoms with Crippen LogP contribution in [0.2, 0.25) is 0 Å². The highest BCUT2D eigenvalue weighted by Crippen LogP contribution is 2.51. The van der Waals surface area contributed by atoms with Gasteiger partial charge in [0.1, 0.15) is 11.4 Å². The highest BCUT2D eigenvalue weighted by molar-refractivity contribution is 5.49. The van der Waals surface area contributed by atoms with Crippen LogP contribution in [0.5, 0.6) is 5.75 Å². The second-order valence-corrected chi connectivity index (χ2v) is 8.19. The average Bonchev–Trinajstić information content (AvgIpc) is 2.23. The summed E-state index contributed by atoms with van der Waals surface area (Å²) in [5, 5.41) is 0. The van der Waals surface area contributed by atoms with E-state index in [1.807, 2.05) is 18.2 Å². The van der Waals surface area contributed by atoms with Gasteiger partial charge in [-0.15, -0.1) is 0 Å². The van der Waals surface area contributed by atoms with Crippen LogP contribution in [-0.4, -0.2) is 5.60 Å². The molecule has 0 bridgehead atoms. The van der Waals surface area contributed by atoms with E-state index in [0.717, 1.165) is 24.2 Å². The first-order chi connectivity index (χ1) is 9.13. The average molecular weight is 272 g/mol. The Morgan fingerprint density at radius 2 is 1.60 bits per heavy atom. The topological polar surface area (TPSA) is 9.23 Å². The first kappa shape index (κ1) is 15.2. The Balaban J connectivity index is 2.23. The van der Waals surface area contributed by atoms with Crippen LogP contribution in [-0.2, 0) is 0 Å².